The quantitative estimate of drug-likeness (QED) is 0.893. The highest BCUT2D eigenvalue weighted by Gasteiger charge is 2.29. The van der Waals surface area contributed by atoms with Crippen molar-refractivity contribution in [3.8, 4) is 0 Å². The van der Waals surface area contributed by atoms with Gasteiger partial charge in [0.25, 0.3) is 0 Å². The first-order valence-corrected chi connectivity index (χ1v) is 8.13. The Balaban J connectivity index is 0.00000200. The summed E-state index contributed by atoms with van der Waals surface area (Å²) >= 11 is 0. The van der Waals surface area contributed by atoms with Gasteiger partial charge in [-0.25, -0.2) is 8.42 Å². The van der Waals surface area contributed by atoms with Crippen molar-refractivity contribution in [2.24, 2.45) is 5.92 Å². The normalized spacial score (nSPS) is 17.6. The number of halogens is 1. The number of hydrogen-bond donors (Lipinski definition) is 1. The molecule has 1 N–H and O–H groups in total. The zero-order chi connectivity index (χ0) is 13.7. The third-order valence-corrected chi connectivity index (χ3v) is 5.53. The van der Waals surface area contributed by atoms with Crippen molar-refractivity contribution in [3.63, 3.8) is 0 Å². The van der Waals surface area contributed by atoms with Gasteiger partial charge in [-0.1, -0.05) is 0 Å². The highest BCUT2D eigenvalue weighted by molar-refractivity contribution is 7.89. The molecule has 2 rings (SSSR count). The molecule has 0 bridgehead atoms. The minimum Gasteiger partial charge on any atom is -0.320 e. The van der Waals surface area contributed by atoms with Crippen molar-refractivity contribution in [1.29, 1.82) is 0 Å². The van der Waals surface area contributed by atoms with Gasteiger partial charge in [-0.2, -0.15) is 4.31 Å². The monoisotopic (exact) mass is 319 g/mol. The summed E-state index contributed by atoms with van der Waals surface area (Å²) < 4.78 is 26.3. The molecule has 1 fully saturated rings. The maximum atomic E-state index is 12.4. The lowest BCUT2D eigenvalue weighted by Gasteiger charge is -2.31. The molecule has 5 nitrogen and oxygen atoms in total. The summed E-state index contributed by atoms with van der Waals surface area (Å²) in [5, 5.41) is 3.14. The van der Waals surface area contributed by atoms with Gasteiger partial charge in [-0.05, 0) is 50.9 Å². The molecule has 0 aliphatic carbocycles. The van der Waals surface area contributed by atoms with Crippen LogP contribution in [0.4, 0.5) is 0 Å². The lowest BCUT2D eigenvalue weighted by Crippen LogP contribution is -2.38. The smallest absolute Gasteiger partial charge is 0.244 e. The fourth-order valence-corrected chi connectivity index (χ4v) is 3.87. The Morgan fingerprint density at radius 3 is 2.65 bits per heavy atom. The van der Waals surface area contributed by atoms with Crippen LogP contribution in [-0.4, -0.2) is 44.4 Å². The number of hydrogen-bond acceptors (Lipinski definition) is 4. The predicted molar refractivity (Wildman–Crippen MR) is 81.5 cm³/mol. The Bertz CT molecular complexity index is 488. The van der Waals surface area contributed by atoms with E-state index in [1.54, 1.807) is 22.6 Å². The average Bonchev–Trinajstić information content (AvgIpc) is 2.46. The summed E-state index contributed by atoms with van der Waals surface area (Å²) in [4.78, 5) is 4.18. The molecule has 7 heteroatoms. The molecule has 0 radical (unpaired) electrons. The van der Waals surface area contributed by atoms with Gasteiger partial charge in [-0.3, -0.25) is 4.98 Å². The number of aromatic nitrogens is 1. The third kappa shape index (κ3) is 4.15. The van der Waals surface area contributed by atoms with Crippen LogP contribution in [0.5, 0.6) is 0 Å². The number of pyridine rings is 1. The molecule has 1 aliphatic heterocycles. The molecule has 1 aromatic heterocycles. The Morgan fingerprint density at radius 1 is 1.40 bits per heavy atom. The van der Waals surface area contributed by atoms with E-state index >= 15 is 0 Å². The maximum Gasteiger partial charge on any atom is 0.244 e. The predicted octanol–water partition coefficient (Wildman–Crippen LogP) is 1.51. The van der Waals surface area contributed by atoms with Gasteiger partial charge >= 0.3 is 0 Å². The van der Waals surface area contributed by atoms with E-state index in [2.05, 4.69) is 10.3 Å². The Morgan fingerprint density at radius 2 is 2.10 bits per heavy atom. The number of nitrogens with one attached hydrogen (secondary N) is 1. The van der Waals surface area contributed by atoms with Gasteiger partial charge in [0, 0.05) is 25.5 Å². The molecule has 0 saturated carbocycles. The van der Waals surface area contributed by atoms with E-state index in [1.807, 2.05) is 7.05 Å². The molecule has 1 aliphatic rings. The average molecular weight is 320 g/mol. The van der Waals surface area contributed by atoms with Crippen LogP contribution in [0.25, 0.3) is 0 Å². The first-order chi connectivity index (χ1) is 9.14. The van der Waals surface area contributed by atoms with Crippen molar-refractivity contribution in [2.45, 2.75) is 24.2 Å². The van der Waals surface area contributed by atoms with Crippen molar-refractivity contribution < 1.29 is 8.42 Å². The van der Waals surface area contributed by atoms with E-state index in [-0.39, 0.29) is 12.4 Å². The first-order valence-electron chi connectivity index (χ1n) is 6.69. The van der Waals surface area contributed by atoms with Crippen molar-refractivity contribution in [2.75, 3.05) is 26.7 Å². The minimum atomic E-state index is -3.35. The van der Waals surface area contributed by atoms with Gasteiger partial charge in [0.05, 0.1) is 0 Å². The van der Waals surface area contributed by atoms with Crippen LogP contribution in [0.3, 0.4) is 0 Å². The molecule has 0 spiro atoms. The van der Waals surface area contributed by atoms with E-state index in [9.17, 15) is 8.42 Å². The molecular weight excluding hydrogens is 298 g/mol. The van der Waals surface area contributed by atoms with Gasteiger partial charge in [0.15, 0.2) is 0 Å². The molecule has 0 amide bonds. The van der Waals surface area contributed by atoms with Gasteiger partial charge < -0.3 is 5.32 Å². The zero-order valence-corrected chi connectivity index (χ0v) is 13.3. The van der Waals surface area contributed by atoms with Gasteiger partial charge in [0.1, 0.15) is 4.90 Å². The van der Waals surface area contributed by atoms with Crippen LogP contribution in [0.1, 0.15) is 19.3 Å². The number of piperidine rings is 1. The van der Waals surface area contributed by atoms with Crippen molar-refractivity contribution in [1.82, 2.24) is 14.6 Å². The molecule has 0 atom stereocenters. The molecule has 0 aromatic carbocycles. The van der Waals surface area contributed by atoms with Crippen LogP contribution in [-0.2, 0) is 10.0 Å². The molecular formula is C13H22ClN3O2S. The van der Waals surface area contributed by atoms with Gasteiger partial charge in [0.2, 0.25) is 10.0 Å². The highest BCUT2D eigenvalue weighted by atomic mass is 35.5. The lowest BCUT2D eigenvalue weighted by atomic mass is 9.95. The first kappa shape index (κ1) is 17.4. The second-order valence-corrected chi connectivity index (χ2v) is 6.87. The SMILES string of the molecule is CNCCC1CCN(S(=O)(=O)c2cccnc2)CC1.Cl. The largest absolute Gasteiger partial charge is 0.320 e. The minimum absolute atomic E-state index is 0. The zero-order valence-electron chi connectivity index (χ0n) is 11.7. The molecule has 0 unspecified atom stereocenters. The molecule has 114 valence electrons. The Hall–Kier alpha value is -0.690. The van der Waals surface area contributed by atoms with Crippen LogP contribution in [0.15, 0.2) is 29.4 Å². The van der Waals surface area contributed by atoms with Crippen LogP contribution in [0.2, 0.25) is 0 Å². The van der Waals surface area contributed by atoms with Crippen molar-refractivity contribution >= 4 is 22.4 Å². The van der Waals surface area contributed by atoms with E-state index in [0.29, 0.717) is 23.9 Å². The van der Waals surface area contributed by atoms with Crippen molar-refractivity contribution in [3.05, 3.63) is 24.5 Å². The Labute approximate surface area is 127 Å². The molecule has 1 aromatic rings. The lowest BCUT2D eigenvalue weighted by molar-refractivity contribution is 0.263. The molecule has 1 saturated heterocycles. The maximum absolute atomic E-state index is 12.4. The topological polar surface area (TPSA) is 62.3 Å². The molecule has 20 heavy (non-hydrogen) atoms. The third-order valence-electron chi connectivity index (χ3n) is 3.65. The van der Waals surface area contributed by atoms with E-state index in [0.717, 1.165) is 25.8 Å². The number of sulfonamides is 1. The fraction of sp³-hybridized carbons (Fsp3) is 0.615. The summed E-state index contributed by atoms with van der Waals surface area (Å²) in [7, 11) is -1.40. The van der Waals surface area contributed by atoms with Crippen LogP contribution < -0.4 is 5.32 Å². The second kappa shape index (κ2) is 7.93. The molecule has 2 heterocycles. The second-order valence-electron chi connectivity index (χ2n) is 4.93. The Kier molecular flexibility index (Phi) is 6.88. The summed E-state index contributed by atoms with van der Waals surface area (Å²) in [6, 6.07) is 3.27. The van der Waals surface area contributed by atoms with E-state index in [4.69, 9.17) is 0 Å². The van der Waals surface area contributed by atoms with Crippen LogP contribution >= 0.6 is 12.4 Å². The highest BCUT2D eigenvalue weighted by Crippen LogP contribution is 2.24. The summed E-state index contributed by atoms with van der Waals surface area (Å²) in [5.74, 6) is 0.632. The summed E-state index contributed by atoms with van der Waals surface area (Å²) in [6.07, 6.45) is 6.02. The van der Waals surface area contributed by atoms with Crippen LogP contribution in [0, 0.1) is 5.92 Å². The number of rotatable bonds is 5. The summed E-state index contributed by atoms with van der Waals surface area (Å²) in [5.41, 5.74) is 0. The number of nitrogens with zero attached hydrogens (tertiary/aromatic N) is 2. The van der Waals surface area contributed by atoms with Gasteiger partial charge in [-0.15, -0.1) is 12.4 Å². The standard InChI is InChI=1S/C13H21N3O2S.ClH/c1-14-8-4-12-5-9-16(10-6-12)19(17,18)13-3-2-7-15-11-13;/h2-3,7,11-12,14H,4-6,8-10H2,1H3;1H. The van der Waals surface area contributed by atoms with E-state index < -0.39 is 10.0 Å². The summed E-state index contributed by atoms with van der Waals surface area (Å²) in [6.45, 7) is 2.23. The van der Waals surface area contributed by atoms with E-state index in [1.165, 1.54) is 6.20 Å². The fourth-order valence-electron chi connectivity index (χ4n) is 2.44.